The quantitative estimate of drug-likeness (QED) is 0.570. The van der Waals surface area contributed by atoms with E-state index >= 15 is 0 Å². The summed E-state index contributed by atoms with van der Waals surface area (Å²) in [7, 11) is 0. The first-order valence-electron chi connectivity index (χ1n) is 8.34. The largest absolute Gasteiger partial charge is 0.357 e. The van der Waals surface area contributed by atoms with Crippen LogP contribution in [-0.4, -0.2) is 49.5 Å². The van der Waals surface area contributed by atoms with Crippen LogP contribution in [0.3, 0.4) is 0 Å². The Balaban J connectivity index is 1.82. The van der Waals surface area contributed by atoms with Gasteiger partial charge in [0, 0.05) is 26.2 Å². The van der Waals surface area contributed by atoms with Gasteiger partial charge in [0.1, 0.15) is 12.4 Å². The lowest BCUT2D eigenvalue weighted by atomic mass is 10.1. The fourth-order valence-corrected chi connectivity index (χ4v) is 3.00. The molecule has 1 amide bonds. The van der Waals surface area contributed by atoms with Crippen molar-refractivity contribution in [3.63, 3.8) is 0 Å². The minimum Gasteiger partial charge on any atom is -0.357 e. The van der Waals surface area contributed by atoms with E-state index in [9.17, 15) is 9.18 Å². The Morgan fingerprint density at radius 3 is 2.75 bits per heavy atom. The maximum absolute atomic E-state index is 13.2. The highest BCUT2D eigenvalue weighted by Crippen LogP contribution is 2.16. The van der Waals surface area contributed by atoms with Crippen LogP contribution in [0, 0.1) is 5.82 Å². The zero-order chi connectivity index (χ0) is 17.4. The lowest BCUT2D eigenvalue weighted by Crippen LogP contribution is -2.39. The highest BCUT2D eigenvalue weighted by molar-refractivity contribution is 9.10. The van der Waals surface area contributed by atoms with Crippen molar-refractivity contribution < 1.29 is 9.18 Å². The van der Waals surface area contributed by atoms with E-state index < -0.39 is 0 Å². The number of hydrogen-bond donors (Lipinski definition) is 2. The van der Waals surface area contributed by atoms with Gasteiger partial charge in [-0.25, -0.2) is 9.38 Å². The Kier molecular flexibility index (Phi) is 7.49. The van der Waals surface area contributed by atoms with Crippen LogP contribution in [0.1, 0.15) is 25.3 Å². The van der Waals surface area contributed by atoms with E-state index in [1.165, 1.54) is 6.07 Å². The van der Waals surface area contributed by atoms with Gasteiger partial charge in [0.25, 0.3) is 0 Å². The summed E-state index contributed by atoms with van der Waals surface area (Å²) in [5.74, 6) is 0.445. The molecule has 0 unspecified atom stereocenters. The predicted octanol–water partition coefficient (Wildman–Crippen LogP) is 2.31. The Morgan fingerprint density at radius 1 is 1.33 bits per heavy atom. The van der Waals surface area contributed by atoms with Gasteiger partial charge >= 0.3 is 0 Å². The molecular formula is C17H24BrFN4O. The average molecular weight is 399 g/mol. The van der Waals surface area contributed by atoms with Crippen LogP contribution in [0.25, 0.3) is 0 Å². The second kappa shape index (κ2) is 9.61. The van der Waals surface area contributed by atoms with E-state index in [2.05, 4.69) is 31.6 Å². The van der Waals surface area contributed by atoms with Gasteiger partial charge < -0.3 is 15.5 Å². The van der Waals surface area contributed by atoms with Crippen molar-refractivity contribution >= 4 is 27.8 Å². The van der Waals surface area contributed by atoms with Gasteiger partial charge in [0.05, 0.1) is 4.47 Å². The molecule has 1 aliphatic heterocycles. The maximum Gasteiger partial charge on any atom is 0.244 e. The number of guanidine groups is 1. The monoisotopic (exact) mass is 398 g/mol. The highest BCUT2D eigenvalue weighted by Gasteiger charge is 2.17. The molecule has 0 saturated carbocycles. The number of likely N-dealkylation sites (tertiary alicyclic amines) is 1. The Bertz CT molecular complexity index is 588. The van der Waals surface area contributed by atoms with Gasteiger partial charge in [0.15, 0.2) is 5.96 Å². The summed E-state index contributed by atoms with van der Waals surface area (Å²) >= 11 is 3.19. The zero-order valence-electron chi connectivity index (χ0n) is 13.9. The Labute approximate surface area is 150 Å². The minimum absolute atomic E-state index is 0.0761. The van der Waals surface area contributed by atoms with E-state index in [1.807, 2.05) is 11.8 Å². The number of hydrogen-bond acceptors (Lipinski definition) is 2. The Morgan fingerprint density at radius 2 is 2.08 bits per heavy atom. The fourth-order valence-electron chi connectivity index (χ4n) is 2.58. The number of amides is 1. The molecule has 5 nitrogen and oxygen atoms in total. The molecule has 0 atom stereocenters. The Hall–Kier alpha value is -1.63. The van der Waals surface area contributed by atoms with Crippen LogP contribution in [0.2, 0.25) is 0 Å². The van der Waals surface area contributed by atoms with Gasteiger partial charge in [-0.3, -0.25) is 4.79 Å². The van der Waals surface area contributed by atoms with Crippen molar-refractivity contribution in [3.8, 4) is 0 Å². The van der Waals surface area contributed by atoms with Crippen molar-refractivity contribution in [1.82, 2.24) is 15.5 Å². The lowest BCUT2D eigenvalue weighted by molar-refractivity contribution is -0.128. The third kappa shape index (κ3) is 5.78. The summed E-state index contributed by atoms with van der Waals surface area (Å²) in [6, 6.07) is 4.99. The second-order valence-corrected chi connectivity index (χ2v) is 6.56. The van der Waals surface area contributed by atoms with Crippen LogP contribution in [-0.2, 0) is 11.2 Å². The van der Waals surface area contributed by atoms with Gasteiger partial charge in [0.2, 0.25) is 5.91 Å². The third-order valence-corrected chi connectivity index (χ3v) is 4.47. The van der Waals surface area contributed by atoms with Crippen molar-refractivity contribution in [1.29, 1.82) is 0 Å². The normalized spacial score (nSPS) is 14.8. The van der Waals surface area contributed by atoms with E-state index in [0.29, 0.717) is 17.0 Å². The molecule has 1 fully saturated rings. The number of carbonyl (C=O) groups excluding carboxylic acids is 1. The molecule has 1 aromatic carbocycles. The van der Waals surface area contributed by atoms with Crippen molar-refractivity contribution in [2.75, 3.05) is 32.7 Å². The maximum atomic E-state index is 13.2. The highest BCUT2D eigenvalue weighted by atomic mass is 79.9. The van der Waals surface area contributed by atoms with Gasteiger partial charge in [-0.1, -0.05) is 6.07 Å². The van der Waals surface area contributed by atoms with Crippen LogP contribution < -0.4 is 10.6 Å². The first-order chi connectivity index (χ1) is 11.6. The molecule has 1 aliphatic rings. The molecule has 132 valence electrons. The number of nitrogens with zero attached hydrogens (tertiary/aromatic N) is 2. The first kappa shape index (κ1) is 18.7. The van der Waals surface area contributed by atoms with Crippen LogP contribution in [0.15, 0.2) is 27.7 Å². The van der Waals surface area contributed by atoms with Crippen molar-refractivity contribution in [3.05, 3.63) is 34.1 Å². The zero-order valence-corrected chi connectivity index (χ0v) is 15.5. The number of benzene rings is 1. The summed E-state index contributed by atoms with van der Waals surface area (Å²) in [5, 5.41) is 6.34. The fraction of sp³-hybridized carbons (Fsp3) is 0.529. The molecule has 0 aromatic heterocycles. The molecular weight excluding hydrogens is 375 g/mol. The van der Waals surface area contributed by atoms with Gasteiger partial charge in [-0.05, 0) is 59.8 Å². The van der Waals surface area contributed by atoms with Crippen LogP contribution >= 0.6 is 15.9 Å². The molecule has 1 heterocycles. The summed E-state index contributed by atoms with van der Waals surface area (Å²) in [5.41, 5.74) is 1.03. The predicted molar refractivity (Wildman–Crippen MR) is 97.6 cm³/mol. The summed E-state index contributed by atoms with van der Waals surface area (Å²) in [4.78, 5) is 18.3. The number of rotatable bonds is 6. The van der Waals surface area contributed by atoms with Gasteiger partial charge in [-0.2, -0.15) is 0 Å². The molecule has 0 spiro atoms. The molecule has 2 N–H and O–H groups in total. The summed E-state index contributed by atoms with van der Waals surface area (Å²) in [6.45, 7) is 5.22. The van der Waals surface area contributed by atoms with Crippen LogP contribution in [0.5, 0.6) is 0 Å². The molecule has 24 heavy (non-hydrogen) atoms. The third-order valence-electron chi connectivity index (χ3n) is 3.87. The summed E-state index contributed by atoms with van der Waals surface area (Å²) < 4.78 is 13.7. The SMILES string of the molecule is CCNC(=NCC(=O)N1CCCC1)NCCc1ccc(F)c(Br)c1. The number of nitrogens with one attached hydrogen (secondary N) is 2. The molecule has 0 radical (unpaired) electrons. The second-order valence-electron chi connectivity index (χ2n) is 5.71. The minimum atomic E-state index is -0.262. The molecule has 2 rings (SSSR count). The van der Waals surface area contributed by atoms with Crippen molar-refractivity contribution in [2.45, 2.75) is 26.2 Å². The smallest absolute Gasteiger partial charge is 0.244 e. The number of halogens is 2. The molecule has 0 bridgehead atoms. The van der Waals surface area contributed by atoms with Gasteiger partial charge in [-0.15, -0.1) is 0 Å². The van der Waals surface area contributed by atoms with E-state index in [1.54, 1.807) is 12.1 Å². The lowest BCUT2D eigenvalue weighted by Gasteiger charge is -2.15. The van der Waals surface area contributed by atoms with E-state index in [0.717, 1.165) is 44.5 Å². The topological polar surface area (TPSA) is 56.7 Å². The first-order valence-corrected chi connectivity index (χ1v) is 9.13. The molecule has 7 heteroatoms. The standard InChI is InChI=1S/C17H24BrFN4O/c1-2-20-17(22-12-16(24)23-9-3-4-10-23)21-8-7-13-5-6-15(19)14(18)11-13/h5-6,11H,2-4,7-10,12H2,1H3,(H2,20,21,22). The van der Waals surface area contributed by atoms with Crippen molar-refractivity contribution in [2.24, 2.45) is 4.99 Å². The molecule has 0 aliphatic carbocycles. The summed E-state index contributed by atoms with van der Waals surface area (Å²) in [6.07, 6.45) is 2.91. The number of aliphatic imine (C=N–C) groups is 1. The van der Waals surface area contributed by atoms with E-state index in [4.69, 9.17) is 0 Å². The van der Waals surface area contributed by atoms with Crippen LogP contribution in [0.4, 0.5) is 4.39 Å². The number of carbonyl (C=O) groups is 1. The molecule has 1 saturated heterocycles. The molecule has 1 aromatic rings. The van der Waals surface area contributed by atoms with E-state index in [-0.39, 0.29) is 18.3 Å². The average Bonchev–Trinajstić information content (AvgIpc) is 3.10.